The summed E-state index contributed by atoms with van der Waals surface area (Å²) >= 11 is 0. The van der Waals surface area contributed by atoms with E-state index in [0.29, 0.717) is 6.04 Å². The number of rotatable bonds is 4. The number of benzene rings is 1. The van der Waals surface area contributed by atoms with Gasteiger partial charge in [0.1, 0.15) is 0 Å². The lowest BCUT2D eigenvalue weighted by molar-refractivity contribution is 0.523. The first-order valence-corrected chi connectivity index (χ1v) is 7.99. The quantitative estimate of drug-likeness (QED) is 0.924. The second kappa shape index (κ2) is 6.02. The summed E-state index contributed by atoms with van der Waals surface area (Å²) in [5.74, 6) is 0. The normalized spacial score (nSPS) is 15.8. The smallest absolute Gasteiger partial charge is 0.0651 e. The maximum Gasteiger partial charge on any atom is 0.0651 e. The largest absolute Gasteiger partial charge is 0.310 e. The monoisotopic (exact) mass is 283 g/mol. The molecule has 1 saturated carbocycles. The van der Waals surface area contributed by atoms with Crippen LogP contribution in [0.15, 0.2) is 24.4 Å². The van der Waals surface area contributed by atoms with Gasteiger partial charge in [0.15, 0.2) is 0 Å². The van der Waals surface area contributed by atoms with Gasteiger partial charge in [0.05, 0.1) is 11.9 Å². The van der Waals surface area contributed by atoms with Gasteiger partial charge < -0.3 is 5.32 Å². The van der Waals surface area contributed by atoms with Gasteiger partial charge in [-0.05, 0) is 56.9 Å². The van der Waals surface area contributed by atoms with E-state index in [4.69, 9.17) is 0 Å². The van der Waals surface area contributed by atoms with Gasteiger partial charge in [0.2, 0.25) is 0 Å². The third-order valence-corrected chi connectivity index (χ3v) is 4.78. The lowest BCUT2D eigenvalue weighted by atomic mass is 10.1. The molecule has 0 atom stereocenters. The minimum atomic E-state index is 0.703. The predicted molar refractivity (Wildman–Crippen MR) is 86.9 cm³/mol. The van der Waals surface area contributed by atoms with E-state index in [1.54, 1.807) is 0 Å². The van der Waals surface area contributed by atoms with Crippen LogP contribution in [0.5, 0.6) is 0 Å². The highest BCUT2D eigenvalue weighted by Crippen LogP contribution is 2.20. The highest BCUT2D eigenvalue weighted by atomic mass is 15.3. The van der Waals surface area contributed by atoms with E-state index in [0.717, 1.165) is 12.2 Å². The van der Waals surface area contributed by atoms with Crippen LogP contribution in [0.2, 0.25) is 0 Å². The fourth-order valence-electron chi connectivity index (χ4n) is 3.12. The van der Waals surface area contributed by atoms with E-state index < -0.39 is 0 Å². The highest BCUT2D eigenvalue weighted by Gasteiger charge is 2.15. The molecule has 0 spiro atoms. The second-order valence-electron chi connectivity index (χ2n) is 6.30. The zero-order valence-electron chi connectivity index (χ0n) is 13.3. The molecular formula is C18H25N3. The molecule has 2 aromatic rings. The van der Waals surface area contributed by atoms with Gasteiger partial charge in [-0.25, -0.2) is 4.68 Å². The number of aryl methyl sites for hydroxylation is 2. The van der Waals surface area contributed by atoms with Crippen molar-refractivity contribution in [3.8, 4) is 5.69 Å². The van der Waals surface area contributed by atoms with E-state index in [9.17, 15) is 0 Å². The van der Waals surface area contributed by atoms with Crippen molar-refractivity contribution in [1.29, 1.82) is 0 Å². The molecule has 0 bridgehead atoms. The number of nitrogens with zero attached hydrogens (tertiary/aromatic N) is 2. The van der Waals surface area contributed by atoms with Crippen LogP contribution in [0, 0.1) is 20.8 Å². The number of aromatic nitrogens is 2. The Kier molecular flexibility index (Phi) is 4.11. The van der Waals surface area contributed by atoms with E-state index in [1.807, 2.05) is 6.20 Å². The minimum absolute atomic E-state index is 0.703. The summed E-state index contributed by atoms with van der Waals surface area (Å²) < 4.78 is 2.05. The SMILES string of the molecule is Cc1ccc(-n2ncc(CNC3CCCC3)c2C)cc1C. The number of hydrogen-bond acceptors (Lipinski definition) is 2. The van der Waals surface area contributed by atoms with Crippen LogP contribution in [0.3, 0.4) is 0 Å². The van der Waals surface area contributed by atoms with Gasteiger partial charge >= 0.3 is 0 Å². The second-order valence-corrected chi connectivity index (χ2v) is 6.30. The summed E-state index contributed by atoms with van der Waals surface area (Å²) in [5, 5.41) is 8.25. The third-order valence-electron chi connectivity index (χ3n) is 4.78. The van der Waals surface area contributed by atoms with Gasteiger partial charge in [-0.3, -0.25) is 0 Å². The summed E-state index contributed by atoms with van der Waals surface area (Å²) in [4.78, 5) is 0. The fourth-order valence-corrected chi connectivity index (χ4v) is 3.12. The average molecular weight is 283 g/mol. The Hall–Kier alpha value is -1.61. The van der Waals surface area contributed by atoms with E-state index in [1.165, 1.54) is 48.1 Å². The van der Waals surface area contributed by atoms with Crippen molar-refractivity contribution in [1.82, 2.24) is 15.1 Å². The van der Waals surface area contributed by atoms with Gasteiger partial charge in [-0.15, -0.1) is 0 Å². The molecule has 21 heavy (non-hydrogen) atoms. The fraction of sp³-hybridized carbons (Fsp3) is 0.500. The van der Waals surface area contributed by atoms with Crippen LogP contribution in [0.1, 0.15) is 48.1 Å². The van der Waals surface area contributed by atoms with Crippen LogP contribution in [0.25, 0.3) is 5.69 Å². The van der Waals surface area contributed by atoms with E-state index in [-0.39, 0.29) is 0 Å². The maximum absolute atomic E-state index is 4.58. The summed E-state index contributed by atoms with van der Waals surface area (Å²) in [6.45, 7) is 7.39. The molecule has 1 aliphatic rings. The van der Waals surface area contributed by atoms with Crippen LogP contribution in [-0.4, -0.2) is 15.8 Å². The lowest BCUT2D eigenvalue weighted by Gasteiger charge is -2.12. The molecule has 1 heterocycles. The van der Waals surface area contributed by atoms with E-state index in [2.05, 4.69) is 54.1 Å². The molecule has 1 aliphatic carbocycles. The molecule has 0 radical (unpaired) electrons. The van der Waals surface area contributed by atoms with Gasteiger partial charge in [-0.2, -0.15) is 5.10 Å². The van der Waals surface area contributed by atoms with Crippen LogP contribution < -0.4 is 5.32 Å². The Morgan fingerprint density at radius 2 is 1.90 bits per heavy atom. The first-order chi connectivity index (χ1) is 10.1. The molecule has 1 aromatic carbocycles. The van der Waals surface area contributed by atoms with Crippen molar-refractivity contribution in [3.63, 3.8) is 0 Å². The molecule has 0 unspecified atom stereocenters. The molecule has 112 valence electrons. The molecule has 3 heteroatoms. The minimum Gasteiger partial charge on any atom is -0.310 e. The molecule has 0 saturated heterocycles. The van der Waals surface area contributed by atoms with Crippen molar-refractivity contribution in [2.45, 2.75) is 59.0 Å². The summed E-state index contributed by atoms with van der Waals surface area (Å²) in [5.41, 5.74) is 6.34. The Balaban J connectivity index is 1.76. The lowest BCUT2D eigenvalue weighted by Crippen LogP contribution is -2.25. The van der Waals surface area contributed by atoms with Crippen LogP contribution >= 0.6 is 0 Å². The molecule has 1 N–H and O–H groups in total. The van der Waals surface area contributed by atoms with E-state index >= 15 is 0 Å². The van der Waals surface area contributed by atoms with Gasteiger partial charge in [0, 0.05) is 23.8 Å². The Labute approximate surface area is 127 Å². The molecule has 3 nitrogen and oxygen atoms in total. The Morgan fingerprint density at radius 3 is 2.62 bits per heavy atom. The number of hydrogen-bond donors (Lipinski definition) is 1. The zero-order chi connectivity index (χ0) is 14.8. The predicted octanol–water partition coefficient (Wildman–Crippen LogP) is 3.83. The standard InChI is InChI=1S/C18H25N3/c1-13-8-9-18(10-14(13)2)21-15(3)16(12-20-21)11-19-17-6-4-5-7-17/h8-10,12,17,19H,4-7,11H2,1-3H3. The Bertz CT molecular complexity index is 621. The van der Waals surface area contributed by atoms with Gasteiger partial charge in [-0.1, -0.05) is 18.9 Å². The highest BCUT2D eigenvalue weighted by molar-refractivity contribution is 5.41. The summed E-state index contributed by atoms with van der Waals surface area (Å²) in [7, 11) is 0. The summed E-state index contributed by atoms with van der Waals surface area (Å²) in [6, 6.07) is 7.23. The zero-order valence-corrected chi connectivity index (χ0v) is 13.3. The number of nitrogens with one attached hydrogen (secondary N) is 1. The molecule has 1 aromatic heterocycles. The molecule has 1 fully saturated rings. The van der Waals surface area contributed by atoms with Crippen molar-refractivity contribution < 1.29 is 0 Å². The average Bonchev–Trinajstić information content (AvgIpc) is 3.10. The van der Waals surface area contributed by atoms with Crippen LogP contribution in [-0.2, 0) is 6.54 Å². The Morgan fingerprint density at radius 1 is 1.14 bits per heavy atom. The first-order valence-electron chi connectivity index (χ1n) is 7.99. The van der Waals surface area contributed by atoms with Crippen molar-refractivity contribution in [2.75, 3.05) is 0 Å². The van der Waals surface area contributed by atoms with Crippen molar-refractivity contribution >= 4 is 0 Å². The maximum atomic E-state index is 4.58. The molecular weight excluding hydrogens is 258 g/mol. The van der Waals surface area contributed by atoms with Crippen LogP contribution in [0.4, 0.5) is 0 Å². The summed E-state index contributed by atoms with van der Waals surface area (Å²) in [6.07, 6.45) is 7.40. The molecule has 0 aliphatic heterocycles. The first kappa shape index (κ1) is 14.3. The van der Waals surface area contributed by atoms with Gasteiger partial charge in [0.25, 0.3) is 0 Å². The molecule has 3 rings (SSSR count). The topological polar surface area (TPSA) is 29.9 Å². The van der Waals surface area contributed by atoms with Crippen molar-refractivity contribution in [3.05, 3.63) is 46.8 Å². The van der Waals surface area contributed by atoms with Crippen molar-refractivity contribution in [2.24, 2.45) is 0 Å². The molecule has 0 amide bonds. The third kappa shape index (κ3) is 3.03.